The zero-order chi connectivity index (χ0) is 12.8. The fraction of sp³-hybridized carbons (Fsp3) is 0.929. The summed E-state index contributed by atoms with van der Waals surface area (Å²) in [4.78, 5) is 14.1. The van der Waals surface area contributed by atoms with E-state index in [1.165, 1.54) is 32.4 Å². The molecule has 1 amide bonds. The van der Waals surface area contributed by atoms with E-state index in [0.29, 0.717) is 12.3 Å². The van der Waals surface area contributed by atoms with Crippen molar-refractivity contribution in [3.8, 4) is 0 Å². The van der Waals surface area contributed by atoms with E-state index in [2.05, 4.69) is 22.6 Å². The third kappa shape index (κ3) is 4.58. The van der Waals surface area contributed by atoms with Gasteiger partial charge < -0.3 is 15.5 Å². The van der Waals surface area contributed by atoms with E-state index in [1.807, 2.05) is 0 Å². The molecule has 0 bridgehead atoms. The molecule has 2 aliphatic heterocycles. The van der Waals surface area contributed by atoms with Gasteiger partial charge in [-0.05, 0) is 70.7 Å². The minimum absolute atomic E-state index is 0.251. The Bertz CT molecular complexity index is 256. The largest absolute Gasteiger partial charge is 0.356 e. The molecule has 0 aromatic heterocycles. The summed E-state index contributed by atoms with van der Waals surface area (Å²) < 4.78 is 0. The molecule has 2 N–H and O–H groups in total. The van der Waals surface area contributed by atoms with Crippen molar-refractivity contribution < 1.29 is 4.79 Å². The number of amides is 1. The number of nitrogens with one attached hydrogen (secondary N) is 2. The lowest BCUT2D eigenvalue weighted by Crippen LogP contribution is -2.36. The SMILES string of the molecule is CN1CCC(CNC(=O)CCC2CCNC2)CC1. The first-order valence-electron chi connectivity index (χ1n) is 7.40. The molecule has 4 heteroatoms. The third-order valence-corrected chi connectivity index (χ3v) is 4.37. The Hall–Kier alpha value is -0.610. The molecule has 1 unspecified atom stereocenters. The highest BCUT2D eigenvalue weighted by Crippen LogP contribution is 2.16. The van der Waals surface area contributed by atoms with Gasteiger partial charge in [-0.1, -0.05) is 0 Å². The number of likely N-dealkylation sites (tertiary alicyclic amines) is 1. The summed E-state index contributed by atoms with van der Waals surface area (Å²) in [5, 5.41) is 6.46. The Morgan fingerprint density at radius 3 is 2.72 bits per heavy atom. The summed E-state index contributed by atoms with van der Waals surface area (Å²) >= 11 is 0. The van der Waals surface area contributed by atoms with Crippen molar-refractivity contribution in [1.82, 2.24) is 15.5 Å². The molecule has 0 aromatic rings. The second kappa shape index (κ2) is 7.10. The number of piperidine rings is 1. The molecule has 1 atom stereocenters. The molecule has 0 saturated carbocycles. The van der Waals surface area contributed by atoms with Crippen LogP contribution in [0.15, 0.2) is 0 Å². The van der Waals surface area contributed by atoms with Crippen LogP contribution < -0.4 is 10.6 Å². The van der Waals surface area contributed by atoms with Gasteiger partial charge in [0, 0.05) is 13.0 Å². The maximum Gasteiger partial charge on any atom is 0.220 e. The lowest BCUT2D eigenvalue weighted by atomic mass is 9.97. The van der Waals surface area contributed by atoms with Crippen molar-refractivity contribution in [2.24, 2.45) is 11.8 Å². The number of nitrogens with zero attached hydrogens (tertiary/aromatic N) is 1. The predicted molar refractivity (Wildman–Crippen MR) is 73.4 cm³/mol. The lowest BCUT2D eigenvalue weighted by Gasteiger charge is -2.28. The van der Waals surface area contributed by atoms with Crippen LogP contribution in [-0.4, -0.2) is 50.6 Å². The summed E-state index contributed by atoms with van der Waals surface area (Å²) in [5.74, 6) is 1.67. The second-order valence-electron chi connectivity index (χ2n) is 5.95. The van der Waals surface area contributed by atoms with Crippen LogP contribution in [0.4, 0.5) is 0 Å². The number of carbonyl (C=O) groups excluding carboxylic acids is 1. The summed E-state index contributed by atoms with van der Waals surface area (Å²) in [6.45, 7) is 5.46. The van der Waals surface area contributed by atoms with Crippen LogP contribution in [0.25, 0.3) is 0 Å². The molecule has 0 aromatic carbocycles. The Morgan fingerprint density at radius 2 is 2.06 bits per heavy atom. The minimum atomic E-state index is 0.251. The summed E-state index contributed by atoms with van der Waals surface area (Å²) in [6.07, 6.45) is 5.44. The van der Waals surface area contributed by atoms with Gasteiger partial charge in [0.2, 0.25) is 5.91 Å². The summed E-state index contributed by atoms with van der Waals surface area (Å²) in [7, 11) is 2.17. The maximum absolute atomic E-state index is 11.8. The van der Waals surface area contributed by atoms with Gasteiger partial charge in [0.05, 0.1) is 0 Å². The van der Waals surface area contributed by atoms with E-state index in [0.717, 1.165) is 32.0 Å². The molecular formula is C14H27N3O. The van der Waals surface area contributed by atoms with Gasteiger partial charge >= 0.3 is 0 Å². The maximum atomic E-state index is 11.8. The molecule has 2 heterocycles. The number of carbonyl (C=O) groups is 1. The quantitative estimate of drug-likeness (QED) is 0.763. The zero-order valence-electron chi connectivity index (χ0n) is 11.6. The zero-order valence-corrected chi connectivity index (χ0v) is 11.6. The molecule has 0 spiro atoms. The number of rotatable bonds is 5. The van der Waals surface area contributed by atoms with E-state index in [-0.39, 0.29) is 5.91 Å². The van der Waals surface area contributed by atoms with Crippen molar-refractivity contribution in [1.29, 1.82) is 0 Å². The molecule has 2 fully saturated rings. The Labute approximate surface area is 110 Å². The van der Waals surface area contributed by atoms with Crippen molar-refractivity contribution in [3.05, 3.63) is 0 Å². The van der Waals surface area contributed by atoms with Crippen LogP contribution in [0, 0.1) is 11.8 Å². The van der Waals surface area contributed by atoms with Crippen LogP contribution in [-0.2, 0) is 4.79 Å². The fourth-order valence-electron chi connectivity index (χ4n) is 2.91. The van der Waals surface area contributed by atoms with Gasteiger partial charge in [-0.2, -0.15) is 0 Å². The molecule has 2 rings (SSSR count). The van der Waals surface area contributed by atoms with Gasteiger partial charge in [-0.15, -0.1) is 0 Å². The van der Waals surface area contributed by atoms with Gasteiger partial charge in [0.25, 0.3) is 0 Å². The van der Waals surface area contributed by atoms with Crippen LogP contribution in [0.3, 0.4) is 0 Å². The highest BCUT2D eigenvalue weighted by molar-refractivity contribution is 5.75. The average molecular weight is 253 g/mol. The van der Waals surface area contributed by atoms with Gasteiger partial charge in [-0.25, -0.2) is 0 Å². The Kier molecular flexibility index (Phi) is 5.45. The highest BCUT2D eigenvalue weighted by atomic mass is 16.1. The van der Waals surface area contributed by atoms with Crippen molar-refractivity contribution >= 4 is 5.91 Å². The first-order chi connectivity index (χ1) is 8.74. The third-order valence-electron chi connectivity index (χ3n) is 4.37. The molecule has 0 radical (unpaired) electrons. The fourth-order valence-corrected chi connectivity index (χ4v) is 2.91. The first-order valence-corrected chi connectivity index (χ1v) is 7.40. The van der Waals surface area contributed by atoms with Gasteiger partial charge in [-0.3, -0.25) is 4.79 Å². The Morgan fingerprint density at radius 1 is 1.28 bits per heavy atom. The highest BCUT2D eigenvalue weighted by Gasteiger charge is 2.18. The van der Waals surface area contributed by atoms with Crippen LogP contribution in [0.2, 0.25) is 0 Å². The van der Waals surface area contributed by atoms with Crippen molar-refractivity contribution in [2.45, 2.75) is 32.1 Å². The normalized spacial score (nSPS) is 26.4. The number of hydrogen-bond donors (Lipinski definition) is 2. The predicted octanol–water partition coefficient (Wildman–Crippen LogP) is 0.834. The van der Waals surface area contributed by atoms with E-state index in [9.17, 15) is 4.79 Å². The molecule has 0 aliphatic carbocycles. The van der Waals surface area contributed by atoms with E-state index < -0.39 is 0 Å². The molecule has 2 saturated heterocycles. The van der Waals surface area contributed by atoms with Crippen molar-refractivity contribution in [3.63, 3.8) is 0 Å². The summed E-state index contributed by atoms with van der Waals surface area (Å²) in [5.41, 5.74) is 0. The van der Waals surface area contributed by atoms with Crippen LogP contribution in [0.5, 0.6) is 0 Å². The lowest BCUT2D eigenvalue weighted by molar-refractivity contribution is -0.121. The monoisotopic (exact) mass is 253 g/mol. The molecule has 4 nitrogen and oxygen atoms in total. The number of hydrogen-bond acceptors (Lipinski definition) is 3. The smallest absolute Gasteiger partial charge is 0.220 e. The molecule has 18 heavy (non-hydrogen) atoms. The van der Waals surface area contributed by atoms with Gasteiger partial charge in [0.1, 0.15) is 0 Å². The standard InChI is InChI=1S/C14H27N3O/c1-17-8-5-13(6-9-17)11-16-14(18)3-2-12-4-7-15-10-12/h12-13,15H,2-11H2,1H3,(H,16,18). The topological polar surface area (TPSA) is 44.4 Å². The minimum Gasteiger partial charge on any atom is -0.356 e. The van der Waals surface area contributed by atoms with Crippen molar-refractivity contribution in [2.75, 3.05) is 39.8 Å². The molecule has 104 valence electrons. The molecular weight excluding hydrogens is 226 g/mol. The van der Waals surface area contributed by atoms with E-state index >= 15 is 0 Å². The van der Waals surface area contributed by atoms with Gasteiger partial charge in [0.15, 0.2) is 0 Å². The summed E-state index contributed by atoms with van der Waals surface area (Å²) in [6, 6.07) is 0. The molecule has 2 aliphatic rings. The van der Waals surface area contributed by atoms with Crippen LogP contribution >= 0.6 is 0 Å². The van der Waals surface area contributed by atoms with Crippen LogP contribution in [0.1, 0.15) is 32.1 Å². The second-order valence-corrected chi connectivity index (χ2v) is 5.95. The van der Waals surface area contributed by atoms with E-state index in [4.69, 9.17) is 0 Å². The Balaban J connectivity index is 1.54. The first kappa shape index (κ1) is 13.8. The average Bonchev–Trinajstić information content (AvgIpc) is 2.89. The van der Waals surface area contributed by atoms with E-state index in [1.54, 1.807) is 0 Å².